The van der Waals surface area contributed by atoms with E-state index < -0.39 is 5.63 Å². The molecule has 0 atom stereocenters. The minimum atomic E-state index is -0.481. The minimum Gasteiger partial charge on any atom is -0.504 e. The van der Waals surface area contributed by atoms with E-state index in [1.807, 2.05) is 6.92 Å². The maximum Gasteiger partial charge on any atom is 0.365 e. The predicted octanol–water partition coefficient (Wildman–Crippen LogP) is 0.311. The summed E-state index contributed by atoms with van der Waals surface area (Å²) in [6, 6.07) is 4.82. The lowest BCUT2D eigenvalue weighted by Gasteiger charge is -2.05. The summed E-state index contributed by atoms with van der Waals surface area (Å²) in [7, 11) is 0. The van der Waals surface area contributed by atoms with Gasteiger partial charge in [-0.15, -0.1) is 0 Å². The third kappa shape index (κ3) is 2.29. The van der Waals surface area contributed by atoms with Crippen molar-refractivity contribution < 1.29 is 14.4 Å². The van der Waals surface area contributed by atoms with Crippen LogP contribution in [0.3, 0.4) is 0 Å². The smallest absolute Gasteiger partial charge is 0.365 e. The predicted molar refractivity (Wildman–Crippen MR) is 66.9 cm³/mol. The van der Waals surface area contributed by atoms with Crippen molar-refractivity contribution in [1.29, 1.82) is 0 Å². The molecule has 5 nitrogen and oxygen atoms in total. The van der Waals surface area contributed by atoms with Crippen LogP contribution in [-0.4, -0.2) is 16.9 Å². The summed E-state index contributed by atoms with van der Waals surface area (Å²) >= 11 is 0. The SMILES string of the molecule is C=c1[nH]oc(=O)/c1=C\c1ccc(O)c(OCC)c1. The number of phenolic OH excluding ortho intramolecular Hbond substituents is 1. The number of aromatic hydroxyl groups is 1. The Labute approximate surface area is 103 Å². The maximum atomic E-state index is 11.4. The molecule has 0 fully saturated rings. The fourth-order valence-electron chi connectivity index (χ4n) is 1.55. The van der Waals surface area contributed by atoms with Gasteiger partial charge in [0.05, 0.1) is 17.2 Å². The Morgan fingerprint density at radius 3 is 2.94 bits per heavy atom. The lowest BCUT2D eigenvalue weighted by atomic mass is 10.1. The molecule has 94 valence electrons. The van der Waals surface area contributed by atoms with Gasteiger partial charge in [-0.25, -0.2) is 9.95 Å². The molecule has 0 unspecified atom stereocenters. The second kappa shape index (κ2) is 4.83. The standard InChI is InChI=1S/C13H13NO4/c1-3-17-12-7-9(4-5-11(12)15)6-10-8(2)14-18-13(10)16/h4-7,14-15H,2-3H2,1H3/b10-6-. The molecule has 2 aromatic rings. The van der Waals surface area contributed by atoms with E-state index in [1.165, 1.54) is 6.07 Å². The Balaban J connectivity index is 2.54. The number of hydrogen-bond donors (Lipinski definition) is 2. The van der Waals surface area contributed by atoms with Crippen LogP contribution >= 0.6 is 0 Å². The van der Waals surface area contributed by atoms with Crippen molar-refractivity contribution in [2.24, 2.45) is 0 Å². The third-order valence-corrected chi connectivity index (χ3v) is 2.41. The fourth-order valence-corrected chi connectivity index (χ4v) is 1.55. The van der Waals surface area contributed by atoms with E-state index in [9.17, 15) is 9.90 Å². The molecule has 1 aromatic heterocycles. The molecule has 0 radical (unpaired) electrons. The molecule has 2 rings (SSSR count). The van der Waals surface area contributed by atoms with Crippen LogP contribution in [0.2, 0.25) is 0 Å². The Morgan fingerprint density at radius 2 is 2.33 bits per heavy atom. The average Bonchev–Trinajstić information content (AvgIpc) is 2.65. The van der Waals surface area contributed by atoms with Crippen LogP contribution in [-0.2, 0) is 0 Å². The minimum absolute atomic E-state index is 0.0601. The number of aromatic nitrogens is 1. The normalized spacial score (nSPS) is 11.7. The molecule has 0 bridgehead atoms. The summed E-state index contributed by atoms with van der Waals surface area (Å²) in [6.45, 7) is 5.93. The van der Waals surface area contributed by atoms with Crippen molar-refractivity contribution >= 4 is 12.7 Å². The summed E-state index contributed by atoms with van der Waals surface area (Å²) in [5.74, 6) is 0.432. The number of rotatable bonds is 3. The van der Waals surface area contributed by atoms with Crippen molar-refractivity contribution in [3.8, 4) is 11.5 Å². The zero-order valence-electron chi connectivity index (χ0n) is 9.90. The van der Waals surface area contributed by atoms with Gasteiger partial charge in [0.2, 0.25) is 0 Å². The Kier molecular flexibility index (Phi) is 3.23. The average molecular weight is 247 g/mol. The maximum absolute atomic E-state index is 11.4. The second-order valence-electron chi connectivity index (χ2n) is 3.69. The van der Waals surface area contributed by atoms with Crippen LogP contribution < -0.4 is 20.9 Å². The first kappa shape index (κ1) is 12.0. The van der Waals surface area contributed by atoms with Crippen molar-refractivity contribution in [3.05, 3.63) is 44.8 Å². The van der Waals surface area contributed by atoms with Gasteiger partial charge in [0.25, 0.3) is 0 Å². The first-order valence-corrected chi connectivity index (χ1v) is 5.45. The van der Waals surface area contributed by atoms with Crippen molar-refractivity contribution in [3.63, 3.8) is 0 Å². The highest BCUT2D eigenvalue weighted by Crippen LogP contribution is 2.26. The zero-order valence-corrected chi connectivity index (χ0v) is 9.90. The van der Waals surface area contributed by atoms with Crippen LogP contribution in [0.5, 0.6) is 11.5 Å². The molecule has 18 heavy (non-hydrogen) atoms. The first-order valence-electron chi connectivity index (χ1n) is 5.45. The van der Waals surface area contributed by atoms with Gasteiger partial charge in [0, 0.05) is 0 Å². The lowest BCUT2D eigenvalue weighted by molar-refractivity contribution is 0.318. The van der Waals surface area contributed by atoms with E-state index in [0.717, 1.165) is 0 Å². The number of benzene rings is 1. The molecule has 1 heterocycles. The van der Waals surface area contributed by atoms with Gasteiger partial charge in [0.1, 0.15) is 0 Å². The van der Waals surface area contributed by atoms with Gasteiger partial charge in [-0.2, -0.15) is 0 Å². The molecule has 0 amide bonds. The van der Waals surface area contributed by atoms with E-state index in [0.29, 0.717) is 28.5 Å². The molecule has 0 aliphatic heterocycles. The quantitative estimate of drug-likeness (QED) is 0.818. The van der Waals surface area contributed by atoms with Crippen LogP contribution in [0.15, 0.2) is 27.5 Å². The van der Waals surface area contributed by atoms with Crippen LogP contribution in [0.25, 0.3) is 12.7 Å². The van der Waals surface area contributed by atoms with Crippen LogP contribution in [0, 0.1) is 0 Å². The molecule has 1 aromatic carbocycles. The summed E-state index contributed by atoms with van der Waals surface area (Å²) < 4.78 is 9.88. The van der Waals surface area contributed by atoms with Crippen molar-refractivity contribution in [2.45, 2.75) is 6.92 Å². The molecule has 0 spiro atoms. The van der Waals surface area contributed by atoms with E-state index >= 15 is 0 Å². The number of hydrogen-bond acceptors (Lipinski definition) is 4. The molecule has 0 aliphatic rings. The zero-order chi connectivity index (χ0) is 13.1. The van der Waals surface area contributed by atoms with E-state index in [4.69, 9.17) is 4.74 Å². The highest BCUT2D eigenvalue weighted by atomic mass is 16.5. The van der Waals surface area contributed by atoms with Gasteiger partial charge >= 0.3 is 5.63 Å². The topological polar surface area (TPSA) is 75.5 Å². The lowest BCUT2D eigenvalue weighted by Crippen LogP contribution is -2.31. The number of H-pyrrole nitrogens is 1. The molecule has 0 saturated carbocycles. The molecular formula is C13H13NO4. The van der Waals surface area contributed by atoms with E-state index in [-0.39, 0.29) is 5.75 Å². The first-order chi connectivity index (χ1) is 8.61. The number of aromatic amines is 1. The number of ether oxygens (including phenoxy) is 1. The van der Waals surface area contributed by atoms with Gasteiger partial charge in [0.15, 0.2) is 11.5 Å². The van der Waals surface area contributed by atoms with Gasteiger partial charge in [-0.1, -0.05) is 12.6 Å². The summed E-state index contributed by atoms with van der Waals surface area (Å²) in [6.07, 6.45) is 1.62. The van der Waals surface area contributed by atoms with Crippen LogP contribution in [0.4, 0.5) is 0 Å². The van der Waals surface area contributed by atoms with Gasteiger partial charge in [-0.05, 0) is 30.7 Å². The molecule has 0 aliphatic carbocycles. The summed E-state index contributed by atoms with van der Waals surface area (Å²) in [5.41, 5.74) is 0.235. The van der Waals surface area contributed by atoms with Crippen LogP contribution in [0.1, 0.15) is 12.5 Å². The van der Waals surface area contributed by atoms with Crippen molar-refractivity contribution in [1.82, 2.24) is 5.16 Å². The number of phenols is 1. The fraction of sp³-hybridized carbons (Fsp3) is 0.154. The number of nitrogens with one attached hydrogen (secondary N) is 1. The highest BCUT2D eigenvalue weighted by Gasteiger charge is 2.03. The largest absolute Gasteiger partial charge is 0.504 e. The monoisotopic (exact) mass is 247 g/mol. The van der Waals surface area contributed by atoms with Gasteiger partial charge in [-0.3, -0.25) is 0 Å². The Morgan fingerprint density at radius 1 is 1.56 bits per heavy atom. The second-order valence-corrected chi connectivity index (χ2v) is 3.69. The molecule has 2 N–H and O–H groups in total. The Hall–Kier alpha value is -2.43. The van der Waals surface area contributed by atoms with E-state index in [1.54, 1.807) is 18.2 Å². The van der Waals surface area contributed by atoms with E-state index in [2.05, 4.69) is 16.3 Å². The van der Waals surface area contributed by atoms with Crippen molar-refractivity contribution in [2.75, 3.05) is 6.61 Å². The molecule has 5 heteroatoms. The molecule has 0 saturated heterocycles. The third-order valence-electron chi connectivity index (χ3n) is 2.41. The summed E-state index contributed by atoms with van der Waals surface area (Å²) in [4.78, 5) is 11.4. The van der Waals surface area contributed by atoms with Gasteiger partial charge < -0.3 is 14.4 Å². The Bertz CT molecular complexity index is 681. The highest BCUT2D eigenvalue weighted by molar-refractivity contribution is 5.55. The summed E-state index contributed by atoms with van der Waals surface area (Å²) in [5, 5.41) is 12.7. The molecular weight excluding hydrogens is 234 g/mol.